The lowest BCUT2D eigenvalue weighted by Gasteiger charge is -2.15. The van der Waals surface area contributed by atoms with E-state index in [2.05, 4.69) is 15.3 Å². The van der Waals surface area contributed by atoms with Gasteiger partial charge < -0.3 is 14.8 Å². The van der Waals surface area contributed by atoms with E-state index in [4.69, 9.17) is 0 Å². The zero-order valence-corrected chi connectivity index (χ0v) is 11.0. The molecule has 6 heteroatoms. The Bertz CT molecular complexity index is 600. The van der Waals surface area contributed by atoms with Crippen LogP contribution in [0, 0.1) is 0 Å². The summed E-state index contributed by atoms with van der Waals surface area (Å²) in [5.41, 5.74) is 1.81. The van der Waals surface area contributed by atoms with Gasteiger partial charge in [-0.15, -0.1) is 0 Å². The van der Waals surface area contributed by atoms with Crippen molar-refractivity contribution in [1.29, 1.82) is 0 Å². The van der Waals surface area contributed by atoms with E-state index < -0.39 is 0 Å². The molecule has 100 valence electrons. The quantitative estimate of drug-likeness (QED) is 0.893. The SMILES string of the molecule is Cn1cnc2c(NCC(=O)N3CCCC3)nccc21. The fourth-order valence-electron chi connectivity index (χ4n) is 2.43. The maximum atomic E-state index is 12.0. The second-order valence-corrected chi connectivity index (χ2v) is 4.82. The molecule has 3 rings (SSSR count). The van der Waals surface area contributed by atoms with Crippen molar-refractivity contribution in [2.75, 3.05) is 25.0 Å². The normalized spacial score (nSPS) is 15.1. The number of aromatic nitrogens is 3. The molecule has 1 saturated heterocycles. The van der Waals surface area contributed by atoms with Gasteiger partial charge in [0, 0.05) is 26.3 Å². The Morgan fingerprint density at radius 3 is 2.95 bits per heavy atom. The Balaban J connectivity index is 1.73. The molecule has 6 nitrogen and oxygen atoms in total. The third-order valence-electron chi connectivity index (χ3n) is 3.51. The number of aryl methyl sites for hydroxylation is 1. The first-order valence-corrected chi connectivity index (χ1v) is 6.53. The number of anilines is 1. The highest BCUT2D eigenvalue weighted by atomic mass is 16.2. The van der Waals surface area contributed by atoms with Gasteiger partial charge in [-0.05, 0) is 18.9 Å². The van der Waals surface area contributed by atoms with Gasteiger partial charge in [-0.3, -0.25) is 4.79 Å². The summed E-state index contributed by atoms with van der Waals surface area (Å²) in [4.78, 5) is 22.4. The molecule has 1 aliphatic rings. The zero-order chi connectivity index (χ0) is 13.2. The van der Waals surface area contributed by atoms with Gasteiger partial charge in [0.1, 0.15) is 5.52 Å². The molecule has 0 aliphatic carbocycles. The van der Waals surface area contributed by atoms with Crippen LogP contribution in [0.4, 0.5) is 5.82 Å². The molecule has 0 spiro atoms. The van der Waals surface area contributed by atoms with Gasteiger partial charge in [0.2, 0.25) is 5.91 Å². The number of amides is 1. The van der Waals surface area contributed by atoms with Crippen molar-refractivity contribution in [2.45, 2.75) is 12.8 Å². The molecular formula is C13H17N5O. The van der Waals surface area contributed by atoms with Gasteiger partial charge in [0.15, 0.2) is 5.82 Å². The first kappa shape index (κ1) is 12.0. The molecular weight excluding hydrogens is 242 g/mol. The van der Waals surface area contributed by atoms with E-state index in [-0.39, 0.29) is 12.5 Å². The number of hydrogen-bond donors (Lipinski definition) is 1. The highest BCUT2D eigenvalue weighted by molar-refractivity contribution is 5.88. The minimum Gasteiger partial charge on any atom is -0.359 e. The van der Waals surface area contributed by atoms with Crippen LogP contribution in [0.3, 0.4) is 0 Å². The predicted molar refractivity (Wildman–Crippen MR) is 72.8 cm³/mol. The summed E-state index contributed by atoms with van der Waals surface area (Å²) >= 11 is 0. The van der Waals surface area contributed by atoms with Crippen molar-refractivity contribution >= 4 is 22.8 Å². The molecule has 2 aromatic heterocycles. The lowest BCUT2D eigenvalue weighted by molar-refractivity contribution is -0.128. The van der Waals surface area contributed by atoms with E-state index in [0.29, 0.717) is 5.82 Å². The van der Waals surface area contributed by atoms with E-state index in [1.54, 1.807) is 12.5 Å². The first-order valence-electron chi connectivity index (χ1n) is 6.53. The molecule has 1 amide bonds. The van der Waals surface area contributed by atoms with Crippen LogP contribution in [0.25, 0.3) is 11.0 Å². The topological polar surface area (TPSA) is 63.1 Å². The number of carbonyl (C=O) groups is 1. The number of likely N-dealkylation sites (tertiary alicyclic amines) is 1. The van der Waals surface area contributed by atoms with Gasteiger partial charge in [0.05, 0.1) is 18.4 Å². The summed E-state index contributed by atoms with van der Waals surface area (Å²) in [6.45, 7) is 2.03. The smallest absolute Gasteiger partial charge is 0.241 e. The Kier molecular flexibility index (Phi) is 3.06. The van der Waals surface area contributed by atoms with Gasteiger partial charge in [-0.25, -0.2) is 9.97 Å². The van der Waals surface area contributed by atoms with E-state index in [1.165, 1.54) is 0 Å². The van der Waals surface area contributed by atoms with Crippen LogP contribution in [0.1, 0.15) is 12.8 Å². The number of fused-ring (bicyclic) bond motifs is 1. The molecule has 0 radical (unpaired) electrons. The molecule has 0 unspecified atom stereocenters. The van der Waals surface area contributed by atoms with Crippen LogP contribution in [0.15, 0.2) is 18.6 Å². The summed E-state index contributed by atoms with van der Waals surface area (Å²) < 4.78 is 1.94. The van der Waals surface area contributed by atoms with Crippen LogP contribution in [0.5, 0.6) is 0 Å². The van der Waals surface area contributed by atoms with Gasteiger partial charge in [0.25, 0.3) is 0 Å². The summed E-state index contributed by atoms with van der Waals surface area (Å²) in [6, 6.07) is 1.91. The predicted octanol–water partition coefficient (Wildman–Crippen LogP) is 1.00. The number of rotatable bonds is 3. The second kappa shape index (κ2) is 4.87. The van der Waals surface area contributed by atoms with Crippen molar-refractivity contribution in [3.05, 3.63) is 18.6 Å². The average molecular weight is 259 g/mol. The van der Waals surface area contributed by atoms with Crippen LogP contribution in [-0.4, -0.2) is 45.0 Å². The second-order valence-electron chi connectivity index (χ2n) is 4.82. The van der Waals surface area contributed by atoms with E-state index in [9.17, 15) is 4.79 Å². The average Bonchev–Trinajstić information content (AvgIpc) is 3.07. The van der Waals surface area contributed by atoms with Crippen molar-refractivity contribution in [3.8, 4) is 0 Å². The summed E-state index contributed by atoms with van der Waals surface area (Å²) in [7, 11) is 1.94. The van der Waals surface area contributed by atoms with Crippen molar-refractivity contribution in [2.24, 2.45) is 7.05 Å². The first-order chi connectivity index (χ1) is 9.25. The Labute approximate surface area is 111 Å². The van der Waals surface area contributed by atoms with Gasteiger partial charge in [-0.2, -0.15) is 0 Å². The highest BCUT2D eigenvalue weighted by Gasteiger charge is 2.18. The van der Waals surface area contributed by atoms with Crippen molar-refractivity contribution in [1.82, 2.24) is 19.4 Å². The summed E-state index contributed by atoms with van der Waals surface area (Å²) in [5, 5.41) is 3.10. The number of carbonyl (C=O) groups excluding carboxylic acids is 1. The van der Waals surface area contributed by atoms with Crippen LogP contribution < -0.4 is 5.32 Å². The fraction of sp³-hybridized carbons (Fsp3) is 0.462. The Morgan fingerprint density at radius 1 is 1.37 bits per heavy atom. The zero-order valence-electron chi connectivity index (χ0n) is 11.0. The maximum absolute atomic E-state index is 12.0. The molecule has 0 bridgehead atoms. The largest absolute Gasteiger partial charge is 0.359 e. The van der Waals surface area contributed by atoms with Gasteiger partial charge in [-0.1, -0.05) is 0 Å². The Hall–Kier alpha value is -2.11. The third-order valence-corrected chi connectivity index (χ3v) is 3.51. The van der Waals surface area contributed by atoms with Crippen LogP contribution in [-0.2, 0) is 11.8 Å². The van der Waals surface area contributed by atoms with E-state index in [0.717, 1.165) is 37.0 Å². The highest BCUT2D eigenvalue weighted by Crippen LogP contribution is 2.18. The fourth-order valence-corrected chi connectivity index (χ4v) is 2.43. The number of nitrogens with one attached hydrogen (secondary N) is 1. The Morgan fingerprint density at radius 2 is 2.16 bits per heavy atom. The molecule has 19 heavy (non-hydrogen) atoms. The molecule has 1 fully saturated rings. The molecule has 1 N–H and O–H groups in total. The molecule has 0 atom stereocenters. The van der Waals surface area contributed by atoms with Gasteiger partial charge >= 0.3 is 0 Å². The summed E-state index contributed by atoms with van der Waals surface area (Å²) in [6.07, 6.45) is 5.70. The molecule has 2 aromatic rings. The van der Waals surface area contributed by atoms with Crippen molar-refractivity contribution in [3.63, 3.8) is 0 Å². The lowest BCUT2D eigenvalue weighted by Crippen LogP contribution is -2.33. The maximum Gasteiger partial charge on any atom is 0.241 e. The lowest BCUT2D eigenvalue weighted by atomic mass is 10.3. The van der Waals surface area contributed by atoms with Crippen LogP contribution >= 0.6 is 0 Å². The third kappa shape index (κ3) is 2.25. The monoisotopic (exact) mass is 259 g/mol. The molecule has 0 saturated carbocycles. The number of imidazole rings is 1. The molecule has 0 aromatic carbocycles. The molecule has 1 aliphatic heterocycles. The van der Waals surface area contributed by atoms with E-state index >= 15 is 0 Å². The van der Waals surface area contributed by atoms with Crippen molar-refractivity contribution < 1.29 is 4.79 Å². The number of pyridine rings is 1. The number of nitrogens with zero attached hydrogens (tertiary/aromatic N) is 4. The van der Waals surface area contributed by atoms with E-state index in [1.807, 2.05) is 22.6 Å². The summed E-state index contributed by atoms with van der Waals surface area (Å²) in [5.74, 6) is 0.804. The minimum atomic E-state index is 0.132. The number of hydrogen-bond acceptors (Lipinski definition) is 4. The molecule has 3 heterocycles. The van der Waals surface area contributed by atoms with Crippen LogP contribution in [0.2, 0.25) is 0 Å². The standard InChI is InChI=1S/C13H17N5O/c1-17-9-16-12-10(17)4-5-14-13(12)15-8-11(19)18-6-2-3-7-18/h4-5,9H,2-3,6-8H2,1H3,(H,14,15). The minimum absolute atomic E-state index is 0.132.